The molecule has 0 radical (unpaired) electrons. The van der Waals surface area contributed by atoms with Crippen LogP contribution in [-0.4, -0.2) is 24.5 Å². The van der Waals surface area contributed by atoms with Gasteiger partial charge in [0.1, 0.15) is 12.6 Å². The monoisotopic (exact) mass is 275 g/mol. The van der Waals surface area contributed by atoms with Gasteiger partial charge in [-0.15, -0.1) is 0 Å². The maximum absolute atomic E-state index is 12.1. The van der Waals surface area contributed by atoms with Crippen LogP contribution in [0.1, 0.15) is 29.8 Å². The van der Waals surface area contributed by atoms with Crippen molar-refractivity contribution in [2.45, 2.75) is 26.8 Å². The smallest absolute Gasteiger partial charge is 0.329 e. The van der Waals surface area contributed by atoms with Crippen LogP contribution in [0.4, 0.5) is 0 Å². The largest absolute Gasteiger partial charge is 0.460 e. The van der Waals surface area contributed by atoms with E-state index in [1.807, 2.05) is 32.9 Å². The number of esters is 1. The Hall–Kier alpha value is -2.10. The summed E-state index contributed by atoms with van der Waals surface area (Å²) in [5, 5.41) is 2.71. The topological polar surface area (TPSA) is 55.4 Å². The van der Waals surface area contributed by atoms with Crippen LogP contribution in [-0.2, 0) is 9.53 Å². The van der Waals surface area contributed by atoms with Crippen LogP contribution in [0.15, 0.2) is 36.9 Å². The number of hydrogen-bond acceptors (Lipinski definition) is 3. The number of ether oxygens (including phenoxy) is 1. The molecule has 0 saturated heterocycles. The summed E-state index contributed by atoms with van der Waals surface area (Å²) in [7, 11) is 0. The van der Waals surface area contributed by atoms with Gasteiger partial charge in [0.05, 0.1) is 0 Å². The maximum atomic E-state index is 12.1. The zero-order valence-corrected chi connectivity index (χ0v) is 12.2. The number of carbonyl (C=O) groups excluding carboxylic acids is 2. The number of aryl methyl sites for hydroxylation is 1. The van der Waals surface area contributed by atoms with E-state index in [9.17, 15) is 9.59 Å². The van der Waals surface area contributed by atoms with E-state index >= 15 is 0 Å². The Kier molecular flexibility index (Phi) is 5.97. The molecule has 0 aliphatic heterocycles. The van der Waals surface area contributed by atoms with E-state index in [0.29, 0.717) is 5.56 Å². The van der Waals surface area contributed by atoms with Crippen molar-refractivity contribution in [3.63, 3.8) is 0 Å². The fourth-order valence-corrected chi connectivity index (χ4v) is 1.66. The Balaban J connectivity index is 2.74. The predicted octanol–water partition coefficient (Wildman–Crippen LogP) is 2.48. The average Bonchev–Trinajstić information content (AvgIpc) is 2.42. The molecule has 4 heteroatoms. The number of hydrogen-bond donors (Lipinski definition) is 1. The first-order valence-electron chi connectivity index (χ1n) is 6.60. The normalized spacial score (nSPS) is 11.8. The molecule has 0 heterocycles. The molecule has 4 nitrogen and oxygen atoms in total. The molecule has 0 saturated carbocycles. The minimum atomic E-state index is -0.663. The van der Waals surface area contributed by atoms with Crippen molar-refractivity contribution in [3.05, 3.63) is 48.0 Å². The second-order valence-electron chi connectivity index (χ2n) is 4.98. The van der Waals surface area contributed by atoms with Gasteiger partial charge in [0.15, 0.2) is 0 Å². The van der Waals surface area contributed by atoms with Crippen LogP contribution in [0, 0.1) is 12.8 Å². The first kappa shape index (κ1) is 16.0. The molecule has 1 atom stereocenters. The van der Waals surface area contributed by atoms with E-state index in [-0.39, 0.29) is 18.4 Å². The number of amides is 1. The van der Waals surface area contributed by atoms with E-state index in [0.717, 1.165) is 5.56 Å². The van der Waals surface area contributed by atoms with Crippen LogP contribution >= 0.6 is 0 Å². The minimum Gasteiger partial charge on any atom is -0.460 e. The van der Waals surface area contributed by atoms with Crippen molar-refractivity contribution in [3.8, 4) is 0 Å². The lowest BCUT2D eigenvalue weighted by Crippen LogP contribution is -2.45. The zero-order valence-electron chi connectivity index (χ0n) is 12.2. The van der Waals surface area contributed by atoms with Gasteiger partial charge in [-0.25, -0.2) is 4.79 Å². The molecule has 1 aromatic carbocycles. The average molecular weight is 275 g/mol. The van der Waals surface area contributed by atoms with Gasteiger partial charge >= 0.3 is 5.97 Å². The highest BCUT2D eigenvalue weighted by molar-refractivity contribution is 5.96. The standard InChI is InChI=1S/C16H21NO3/c1-5-10-20-16(19)14(11(2)3)17-15(18)13-8-6-12(4)7-9-13/h5-9,11,14H,1,10H2,2-4H3,(H,17,18)/t14-/m0/s1. The predicted molar refractivity (Wildman–Crippen MR) is 78.4 cm³/mol. The number of carbonyl (C=O) groups is 2. The number of nitrogens with one attached hydrogen (secondary N) is 1. The Morgan fingerprint density at radius 2 is 1.90 bits per heavy atom. The van der Waals surface area contributed by atoms with Gasteiger partial charge < -0.3 is 10.1 Å². The third-order valence-electron chi connectivity index (χ3n) is 2.86. The molecule has 1 amide bonds. The molecule has 0 aromatic heterocycles. The Labute approximate surface area is 119 Å². The molecule has 0 aliphatic rings. The molecule has 0 unspecified atom stereocenters. The maximum Gasteiger partial charge on any atom is 0.329 e. The fraction of sp³-hybridized carbons (Fsp3) is 0.375. The summed E-state index contributed by atoms with van der Waals surface area (Å²) in [6.45, 7) is 9.29. The van der Waals surface area contributed by atoms with Gasteiger partial charge in [-0.05, 0) is 25.0 Å². The number of rotatable bonds is 6. The lowest BCUT2D eigenvalue weighted by molar-refractivity contribution is -0.145. The first-order chi connectivity index (χ1) is 9.45. The van der Waals surface area contributed by atoms with Crippen LogP contribution < -0.4 is 5.32 Å². The van der Waals surface area contributed by atoms with Crippen LogP contribution in [0.3, 0.4) is 0 Å². The number of benzene rings is 1. The molecule has 108 valence electrons. The summed E-state index contributed by atoms with van der Waals surface area (Å²) >= 11 is 0. The summed E-state index contributed by atoms with van der Waals surface area (Å²) < 4.78 is 5.00. The third-order valence-corrected chi connectivity index (χ3v) is 2.86. The summed E-state index contributed by atoms with van der Waals surface area (Å²) in [5.74, 6) is -0.777. The molecule has 1 rings (SSSR count). The van der Waals surface area contributed by atoms with Crippen LogP contribution in [0.25, 0.3) is 0 Å². The second-order valence-corrected chi connectivity index (χ2v) is 4.98. The summed E-state index contributed by atoms with van der Waals surface area (Å²) in [6, 6.07) is 6.52. The Bertz CT molecular complexity index is 477. The third kappa shape index (κ3) is 4.53. The second kappa shape index (κ2) is 7.48. The van der Waals surface area contributed by atoms with Gasteiger partial charge in [0.2, 0.25) is 0 Å². The van der Waals surface area contributed by atoms with Gasteiger partial charge in [-0.1, -0.05) is 44.2 Å². The van der Waals surface area contributed by atoms with Gasteiger partial charge in [0.25, 0.3) is 5.91 Å². The molecule has 0 fully saturated rings. The van der Waals surface area contributed by atoms with E-state index in [2.05, 4.69) is 11.9 Å². The quantitative estimate of drug-likeness (QED) is 0.641. The van der Waals surface area contributed by atoms with Gasteiger partial charge in [-0.3, -0.25) is 4.79 Å². The van der Waals surface area contributed by atoms with Gasteiger partial charge in [0, 0.05) is 5.56 Å². The van der Waals surface area contributed by atoms with Crippen LogP contribution in [0.2, 0.25) is 0 Å². The molecule has 20 heavy (non-hydrogen) atoms. The van der Waals surface area contributed by atoms with E-state index < -0.39 is 12.0 Å². The van der Waals surface area contributed by atoms with E-state index in [4.69, 9.17) is 4.74 Å². The Morgan fingerprint density at radius 1 is 1.30 bits per heavy atom. The molecular weight excluding hydrogens is 254 g/mol. The van der Waals surface area contributed by atoms with E-state index in [1.165, 1.54) is 6.08 Å². The van der Waals surface area contributed by atoms with Crippen molar-refractivity contribution < 1.29 is 14.3 Å². The van der Waals surface area contributed by atoms with E-state index in [1.54, 1.807) is 12.1 Å². The molecule has 0 spiro atoms. The van der Waals surface area contributed by atoms with Gasteiger partial charge in [-0.2, -0.15) is 0 Å². The van der Waals surface area contributed by atoms with Crippen molar-refractivity contribution in [2.24, 2.45) is 5.92 Å². The lowest BCUT2D eigenvalue weighted by Gasteiger charge is -2.20. The highest BCUT2D eigenvalue weighted by Crippen LogP contribution is 2.08. The summed E-state index contributed by atoms with van der Waals surface area (Å²) in [4.78, 5) is 24.0. The molecule has 1 aromatic rings. The molecule has 0 bridgehead atoms. The van der Waals surface area contributed by atoms with Crippen molar-refractivity contribution in [2.75, 3.05) is 6.61 Å². The Morgan fingerprint density at radius 3 is 2.40 bits per heavy atom. The highest BCUT2D eigenvalue weighted by atomic mass is 16.5. The molecular formula is C16H21NO3. The highest BCUT2D eigenvalue weighted by Gasteiger charge is 2.25. The van der Waals surface area contributed by atoms with Crippen molar-refractivity contribution in [1.82, 2.24) is 5.32 Å². The first-order valence-corrected chi connectivity index (χ1v) is 6.60. The molecule has 0 aliphatic carbocycles. The summed E-state index contributed by atoms with van der Waals surface area (Å²) in [5.41, 5.74) is 1.60. The lowest BCUT2D eigenvalue weighted by atomic mass is 10.0. The van der Waals surface area contributed by atoms with Crippen molar-refractivity contribution in [1.29, 1.82) is 0 Å². The SMILES string of the molecule is C=CCOC(=O)[C@@H](NC(=O)c1ccc(C)cc1)C(C)C. The minimum absolute atomic E-state index is 0.0540. The molecule has 1 N–H and O–H groups in total. The summed E-state index contributed by atoms with van der Waals surface area (Å²) in [6.07, 6.45) is 1.50. The zero-order chi connectivity index (χ0) is 15.1. The fourth-order valence-electron chi connectivity index (χ4n) is 1.66. The van der Waals surface area contributed by atoms with Crippen LogP contribution in [0.5, 0.6) is 0 Å². The van der Waals surface area contributed by atoms with Crippen molar-refractivity contribution >= 4 is 11.9 Å².